The summed E-state index contributed by atoms with van der Waals surface area (Å²) in [5.41, 5.74) is 0. The van der Waals surface area contributed by atoms with Gasteiger partial charge in [-0.2, -0.15) is 0 Å². The quantitative estimate of drug-likeness (QED) is 0.573. The predicted molar refractivity (Wildman–Crippen MR) is 37.2 cm³/mol. The van der Waals surface area contributed by atoms with Crippen LogP contribution < -0.4 is 0 Å². The molecule has 1 radical (unpaired) electrons. The van der Waals surface area contributed by atoms with Gasteiger partial charge in [-0.3, -0.25) is 4.79 Å². The summed E-state index contributed by atoms with van der Waals surface area (Å²) in [6, 6.07) is 0. The Labute approximate surface area is 60.7 Å². The SMILES string of the molecule is CC[C@@H](O)C[C@@H](O)C[C]=O. The van der Waals surface area contributed by atoms with Crippen molar-refractivity contribution in [2.45, 2.75) is 38.4 Å². The molecule has 0 fully saturated rings. The highest BCUT2D eigenvalue weighted by Gasteiger charge is 2.08. The Kier molecular flexibility index (Phi) is 5.16. The first kappa shape index (κ1) is 9.59. The molecule has 2 N–H and O–H groups in total. The molecule has 0 aliphatic heterocycles. The van der Waals surface area contributed by atoms with Crippen LogP contribution in [0.1, 0.15) is 26.2 Å². The second-order valence-electron chi connectivity index (χ2n) is 2.30. The van der Waals surface area contributed by atoms with Gasteiger partial charge in [0.15, 0.2) is 0 Å². The molecule has 0 spiro atoms. The number of aliphatic hydroxyl groups excluding tert-OH is 2. The number of carbonyl (C=O) groups excluding carboxylic acids is 1. The first-order valence-electron chi connectivity index (χ1n) is 3.41. The van der Waals surface area contributed by atoms with E-state index in [4.69, 9.17) is 10.2 Å². The third kappa shape index (κ3) is 4.47. The van der Waals surface area contributed by atoms with Crippen LogP contribution in [0.15, 0.2) is 0 Å². The summed E-state index contributed by atoms with van der Waals surface area (Å²) in [6.45, 7) is 1.82. The van der Waals surface area contributed by atoms with Crippen LogP contribution in [0.5, 0.6) is 0 Å². The first-order valence-corrected chi connectivity index (χ1v) is 3.41. The van der Waals surface area contributed by atoms with Crippen molar-refractivity contribution in [3.8, 4) is 0 Å². The summed E-state index contributed by atoms with van der Waals surface area (Å²) in [5.74, 6) is 0. The summed E-state index contributed by atoms with van der Waals surface area (Å²) >= 11 is 0. The average molecular weight is 145 g/mol. The molecular formula is C7H13O3. The molecule has 3 heteroatoms. The van der Waals surface area contributed by atoms with Gasteiger partial charge in [-0.15, -0.1) is 0 Å². The fraction of sp³-hybridized carbons (Fsp3) is 0.857. The van der Waals surface area contributed by atoms with Crippen LogP contribution in [0.25, 0.3) is 0 Å². The summed E-state index contributed by atoms with van der Waals surface area (Å²) in [5, 5.41) is 17.9. The van der Waals surface area contributed by atoms with Crippen LogP contribution in [-0.2, 0) is 4.79 Å². The van der Waals surface area contributed by atoms with Gasteiger partial charge in [0.2, 0.25) is 6.29 Å². The minimum atomic E-state index is -0.729. The lowest BCUT2D eigenvalue weighted by molar-refractivity contribution is 0.0821. The molecule has 0 aromatic heterocycles. The van der Waals surface area contributed by atoms with Gasteiger partial charge in [-0.1, -0.05) is 6.92 Å². The van der Waals surface area contributed by atoms with Crippen LogP contribution >= 0.6 is 0 Å². The highest BCUT2D eigenvalue weighted by Crippen LogP contribution is 2.03. The first-order chi connectivity index (χ1) is 4.70. The highest BCUT2D eigenvalue weighted by atomic mass is 16.3. The molecule has 0 heterocycles. The molecule has 10 heavy (non-hydrogen) atoms. The lowest BCUT2D eigenvalue weighted by atomic mass is 10.1. The van der Waals surface area contributed by atoms with Crippen molar-refractivity contribution < 1.29 is 15.0 Å². The van der Waals surface area contributed by atoms with Crippen molar-refractivity contribution >= 4 is 6.29 Å². The van der Waals surface area contributed by atoms with E-state index in [9.17, 15) is 4.79 Å². The Hall–Kier alpha value is -0.410. The van der Waals surface area contributed by atoms with E-state index in [2.05, 4.69) is 0 Å². The van der Waals surface area contributed by atoms with Crippen LogP contribution in [0.4, 0.5) is 0 Å². The van der Waals surface area contributed by atoms with E-state index < -0.39 is 12.2 Å². The van der Waals surface area contributed by atoms with Gasteiger partial charge >= 0.3 is 0 Å². The van der Waals surface area contributed by atoms with E-state index in [0.29, 0.717) is 6.42 Å². The molecule has 0 rings (SSSR count). The zero-order valence-electron chi connectivity index (χ0n) is 6.08. The van der Waals surface area contributed by atoms with E-state index in [1.165, 1.54) is 0 Å². The van der Waals surface area contributed by atoms with E-state index in [0.717, 1.165) is 0 Å². The molecule has 0 unspecified atom stereocenters. The molecule has 0 aliphatic carbocycles. The summed E-state index contributed by atoms with van der Waals surface area (Å²) in [7, 11) is 0. The molecule has 59 valence electrons. The fourth-order valence-electron chi connectivity index (χ4n) is 0.660. The second kappa shape index (κ2) is 5.38. The van der Waals surface area contributed by atoms with Crippen molar-refractivity contribution in [2.24, 2.45) is 0 Å². The molecule has 0 amide bonds. The number of hydrogen-bond donors (Lipinski definition) is 2. The molecular weight excluding hydrogens is 132 g/mol. The average Bonchev–Trinajstić information content (AvgIpc) is 1.88. The second-order valence-corrected chi connectivity index (χ2v) is 2.30. The lowest BCUT2D eigenvalue weighted by Crippen LogP contribution is -2.16. The Balaban J connectivity index is 3.35. The smallest absolute Gasteiger partial charge is 0.201 e. The summed E-state index contributed by atoms with van der Waals surface area (Å²) < 4.78 is 0. The lowest BCUT2D eigenvalue weighted by Gasteiger charge is -2.10. The molecule has 0 saturated carbocycles. The summed E-state index contributed by atoms with van der Waals surface area (Å²) in [6.07, 6.45) is 1.23. The zero-order valence-corrected chi connectivity index (χ0v) is 6.08. The fourth-order valence-corrected chi connectivity index (χ4v) is 0.660. The number of hydrogen-bond acceptors (Lipinski definition) is 3. The van der Waals surface area contributed by atoms with Gasteiger partial charge in [-0.05, 0) is 12.8 Å². The number of rotatable bonds is 5. The molecule has 2 atom stereocenters. The molecule has 0 aromatic rings. The van der Waals surface area contributed by atoms with E-state index in [1.807, 2.05) is 6.92 Å². The van der Waals surface area contributed by atoms with Crippen LogP contribution in [-0.4, -0.2) is 28.7 Å². The summed E-state index contributed by atoms with van der Waals surface area (Å²) in [4.78, 5) is 9.72. The Morgan fingerprint density at radius 2 is 2.00 bits per heavy atom. The predicted octanol–water partition coefficient (Wildman–Crippen LogP) is 0.00810. The Morgan fingerprint density at radius 3 is 2.40 bits per heavy atom. The van der Waals surface area contributed by atoms with Gasteiger partial charge in [-0.25, -0.2) is 0 Å². The van der Waals surface area contributed by atoms with E-state index in [-0.39, 0.29) is 12.8 Å². The standard InChI is InChI=1S/C7H13O3/c1-2-6(9)5-7(10)3-4-8/h6-7,9-10H,2-3,5H2,1H3/t6-,7+/m1/s1. The van der Waals surface area contributed by atoms with Crippen molar-refractivity contribution in [3.63, 3.8) is 0 Å². The minimum Gasteiger partial charge on any atom is -0.393 e. The maximum atomic E-state index is 9.72. The van der Waals surface area contributed by atoms with Crippen LogP contribution in [0, 0.1) is 0 Å². The van der Waals surface area contributed by atoms with Gasteiger partial charge in [0.1, 0.15) is 0 Å². The molecule has 0 bridgehead atoms. The van der Waals surface area contributed by atoms with Crippen molar-refractivity contribution in [1.82, 2.24) is 0 Å². The maximum Gasteiger partial charge on any atom is 0.201 e. The van der Waals surface area contributed by atoms with Crippen LogP contribution in [0.3, 0.4) is 0 Å². The largest absolute Gasteiger partial charge is 0.393 e. The molecule has 0 aromatic carbocycles. The highest BCUT2D eigenvalue weighted by molar-refractivity contribution is 5.51. The van der Waals surface area contributed by atoms with Gasteiger partial charge in [0, 0.05) is 6.42 Å². The van der Waals surface area contributed by atoms with Crippen LogP contribution in [0.2, 0.25) is 0 Å². The molecule has 0 aliphatic rings. The topological polar surface area (TPSA) is 57.5 Å². The molecule has 0 saturated heterocycles. The third-order valence-electron chi connectivity index (χ3n) is 1.33. The Morgan fingerprint density at radius 1 is 1.40 bits per heavy atom. The monoisotopic (exact) mass is 145 g/mol. The maximum absolute atomic E-state index is 9.72. The zero-order chi connectivity index (χ0) is 7.98. The number of aliphatic hydroxyl groups is 2. The van der Waals surface area contributed by atoms with Gasteiger partial charge in [0.25, 0.3) is 0 Å². The van der Waals surface area contributed by atoms with Gasteiger partial charge in [0.05, 0.1) is 12.2 Å². The minimum absolute atomic E-state index is 0.00292. The van der Waals surface area contributed by atoms with Crippen molar-refractivity contribution in [2.75, 3.05) is 0 Å². The van der Waals surface area contributed by atoms with Gasteiger partial charge < -0.3 is 10.2 Å². The Bertz CT molecular complexity index is 92.9. The van der Waals surface area contributed by atoms with Crippen molar-refractivity contribution in [3.05, 3.63) is 0 Å². The normalized spacial score (nSPS) is 16.3. The third-order valence-corrected chi connectivity index (χ3v) is 1.33. The van der Waals surface area contributed by atoms with E-state index >= 15 is 0 Å². The van der Waals surface area contributed by atoms with E-state index in [1.54, 1.807) is 6.29 Å². The molecule has 3 nitrogen and oxygen atoms in total. The van der Waals surface area contributed by atoms with Crippen molar-refractivity contribution in [1.29, 1.82) is 0 Å².